The lowest BCUT2D eigenvalue weighted by atomic mass is 10.0. The monoisotopic (exact) mass is 586 g/mol. The predicted molar refractivity (Wildman–Crippen MR) is 158 cm³/mol. The second kappa shape index (κ2) is 12.8. The van der Waals surface area contributed by atoms with Crippen molar-refractivity contribution in [2.45, 2.75) is 31.1 Å². The first-order valence-corrected chi connectivity index (χ1v) is 15.1. The first kappa shape index (κ1) is 29.6. The molecule has 0 unspecified atom stereocenters. The van der Waals surface area contributed by atoms with E-state index in [-0.39, 0.29) is 33.3 Å². The van der Waals surface area contributed by atoms with Crippen LogP contribution in [0.2, 0.25) is 5.02 Å². The Morgan fingerprint density at radius 2 is 1.80 bits per heavy atom. The van der Waals surface area contributed by atoms with E-state index in [4.69, 9.17) is 16.3 Å². The normalized spacial score (nSPS) is 13.7. The largest absolute Gasteiger partial charge is 0.495 e. The van der Waals surface area contributed by atoms with Crippen molar-refractivity contribution in [1.29, 1.82) is 0 Å². The van der Waals surface area contributed by atoms with Crippen molar-refractivity contribution in [2.24, 2.45) is 0 Å². The molecule has 2 N–H and O–H groups in total. The molecule has 0 atom stereocenters. The number of ether oxygens (including phenoxy) is 1. The zero-order chi connectivity index (χ0) is 28.9. The van der Waals surface area contributed by atoms with Crippen LogP contribution >= 0.6 is 11.6 Å². The Kier molecular flexibility index (Phi) is 9.49. The van der Waals surface area contributed by atoms with Gasteiger partial charge in [-0.2, -0.15) is 4.98 Å². The molecule has 4 rings (SSSR count). The molecule has 12 heteroatoms. The topological polar surface area (TPSA) is 117 Å². The van der Waals surface area contributed by atoms with Gasteiger partial charge in [-0.25, -0.2) is 13.4 Å². The van der Waals surface area contributed by atoms with Crippen LogP contribution in [0.25, 0.3) is 0 Å². The molecule has 1 aliphatic rings. The molecule has 0 fully saturated rings. The van der Waals surface area contributed by atoms with Gasteiger partial charge in [0.2, 0.25) is 11.9 Å². The molecule has 1 aromatic heterocycles. The third-order valence-corrected chi connectivity index (χ3v) is 8.96. The molecule has 1 amide bonds. The molecule has 10 nitrogen and oxygen atoms in total. The highest BCUT2D eigenvalue weighted by molar-refractivity contribution is 7.91. The number of carbonyl (C=O) groups excluding carboxylic acids is 1. The molecule has 0 saturated carbocycles. The zero-order valence-corrected chi connectivity index (χ0v) is 24.8. The van der Waals surface area contributed by atoms with Gasteiger partial charge < -0.3 is 20.3 Å². The van der Waals surface area contributed by atoms with Gasteiger partial charge in [-0.05, 0) is 54.7 Å². The van der Waals surface area contributed by atoms with Crippen LogP contribution in [0.3, 0.4) is 0 Å². The highest BCUT2D eigenvalue weighted by atomic mass is 35.5. The van der Waals surface area contributed by atoms with Gasteiger partial charge in [0.1, 0.15) is 10.8 Å². The molecular weight excluding hydrogens is 552 g/mol. The number of fused-ring (bicyclic) bond motifs is 1. The predicted octanol–water partition coefficient (Wildman–Crippen LogP) is 4.30. The maximum Gasteiger partial charge on any atom is 0.236 e. The number of para-hydroxylation sites is 1. The van der Waals surface area contributed by atoms with Gasteiger partial charge in [-0.15, -0.1) is 0 Å². The average molecular weight is 587 g/mol. The van der Waals surface area contributed by atoms with E-state index in [2.05, 4.69) is 25.5 Å². The zero-order valence-electron chi connectivity index (χ0n) is 23.2. The van der Waals surface area contributed by atoms with Crippen molar-refractivity contribution < 1.29 is 17.9 Å². The lowest BCUT2D eigenvalue weighted by molar-refractivity contribution is -0.129. The first-order valence-electron chi connectivity index (χ1n) is 13.1. The van der Waals surface area contributed by atoms with Crippen LogP contribution in [0.5, 0.6) is 5.75 Å². The Morgan fingerprint density at radius 1 is 1.10 bits per heavy atom. The van der Waals surface area contributed by atoms with Crippen LogP contribution in [0, 0.1) is 0 Å². The van der Waals surface area contributed by atoms with Gasteiger partial charge in [0, 0.05) is 27.2 Å². The number of rotatable bonds is 10. The second-order valence-corrected chi connectivity index (χ2v) is 12.3. The third kappa shape index (κ3) is 7.01. The number of likely N-dealkylation sites (N-methyl/N-ethyl adjacent to an activating group) is 1. The van der Waals surface area contributed by atoms with Gasteiger partial charge in [-0.1, -0.05) is 30.7 Å². The number of nitrogens with one attached hydrogen (secondary N) is 2. The Labute approximate surface area is 240 Å². The summed E-state index contributed by atoms with van der Waals surface area (Å²) in [6.45, 7) is 3.77. The van der Waals surface area contributed by atoms with Crippen molar-refractivity contribution >= 4 is 50.5 Å². The molecule has 2 aromatic carbocycles. The molecular formula is C28H35ClN6O4S. The van der Waals surface area contributed by atoms with Crippen molar-refractivity contribution in [3.8, 4) is 5.75 Å². The summed E-state index contributed by atoms with van der Waals surface area (Å²) >= 11 is 6.40. The van der Waals surface area contributed by atoms with Crippen molar-refractivity contribution in [3.63, 3.8) is 0 Å². The third-order valence-electron chi connectivity index (χ3n) is 6.71. The number of methoxy groups -OCH3 is 1. The summed E-state index contributed by atoms with van der Waals surface area (Å²) in [6.07, 6.45) is 3.55. The van der Waals surface area contributed by atoms with Crippen LogP contribution < -0.4 is 15.4 Å². The number of nitrogens with zero attached hydrogens (tertiary/aromatic N) is 4. The fraction of sp³-hybridized carbons (Fsp3) is 0.393. The van der Waals surface area contributed by atoms with Gasteiger partial charge >= 0.3 is 0 Å². The number of sulfone groups is 1. The lowest BCUT2D eigenvalue weighted by Crippen LogP contribution is -2.37. The minimum Gasteiger partial charge on any atom is -0.495 e. The smallest absolute Gasteiger partial charge is 0.236 e. The number of carbonyl (C=O) groups is 1. The van der Waals surface area contributed by atoms with Crippen LogP contribution in [-0.4, -0.2) is 80.7 Å². The fourth-order valence-corrected chi connectivity index (χ4v) is 6.18. The summed E-state index contributed by atoms with van der Waals surface area (Å²) in [6, 6.07) is 10.7. The first-order chi connectivity index (χ1) is 19.1. The van der Waals surface area contributed by atoms with E-state index in [1.807, 2.05) is 19.1 Å². The number of hydrogen-bond acceptors (Lipinski definition) is 9. The molecule has 214 valence electrons. The standard InChI is InChI=1S/C28H35ClN6O4S/c1-5-14-40(37,38)25-9-7-6-8-22(25)31-27-21(29)17-30-28(33-27)32-23-15-19-10-12-35(18-26(36)34(2)3)13-11-20(19)16-24(23)39-4/h6-9,15-17H,5,10-14,18H2,1-4H3,(H2,30,31,32,33). The maximum atomic E-state index is 12.8. The van der Waals surface area contributed by atoms with Crippen LogP contribution in [0.15, 0.2) is 47.5 Å². The van der Waals surface area contributed by atoms with Crippen LogP contribution in [0.1, 0.15) is 24.5 Å². The average Bonchev–Trinajstić information content (AvgIpc) is 3.12. The summed E-state index contributed by atoms with van der Waals surface area (Å²) < 4.78 is 31.3. The Hall–Kier alpha value is -3.41. The molecule has 0 radical (unpaired) electrons. The molecule has 0 spiro atoms. The SMILES string of the molecule is CCCS(=O)(=O)c1ccccc1Nc1nc(Nc2cc3c(cc2OC)CCN(CC(=O)N(C)C)CC3)ncc1Cl. The lowest BCUT2D eigenvalue weighted by Gasteiger charge is -2.21. The van der Waals surface area contributed by atoms with Crippen molar-refractivity contribution in [3.05, 3.63) is 58.7 Å². The number of amides is 1. The molecule has 1 aliphatic heterocycles. The van der Waals surface area contributed by atoms with Gasteiger partial charge in [0.05, 0.1) is 41.9 Å². The summed E-state index contributed by atoms with van der Waals surface area (Å²) in [5, 5.41) is 6.55. The van der Waals surface area contributed by atoms with E-state index < -0.39 is 9.84 Å². The second-order valence-electron chi connectivity index (χ2n) is 9.84. The van der Waals surface area contributed by atoms with Crippen LogP contribution in [0.4, 0.5) is 23.1 Å². The summed E-state index contributed by atoms with van der Waals surface area (Å²) in [4.78, 5) is 25.0. The van der Waals surface area contributed by atoms with Crippen molar-refractivity contribution in [2.75, 3.05) is 57.2 Å². The van der Waals surface area contributed by atoms with Gasteiger partial charge in [0.25, 0.3) is 0 Å². The number of aromatic nitrogens is 2. The number of benzene rings is 2. The Bertz CT molecular complexity index is 1480. The summed E-state index contributed by atoms with van der Waals surface area (Å²) in [7, 11) is 1.67. The van der Waals surface area contributed by atoms with E-state index in [1.165, 1.54) is 11.8 Å². The molecule has 3 aromatic rings. The molecule has 0 aliphatic carbocycles. The summed E-state index contributed by atoms with van der Waals surface area (Å²) in [5.74, 6) is 1.30. The Balaban J connectivity index is 1.57. The van der Waals surface area contributed by atoms with E-state index >= 15 is 0 Å². The fourth-order valence-electron chi connectivity index (χ4n) is 4.54. The van der Waals surface area contributed by atoms with Gasteiger partial charge in [0.15, 0.2) is 15.7 Å². The molecule has 0 bridgehead atoms. The highest BCUT2D eigenvalue weighted by Gasteiger charge is 2.21. The molecule has 40 heavy (non-hydrogen) atoms. The van der Waals surface area contributed by atoms with E-state index in [0.29, 0.717) is 30.1 Å². The van der Waals surface area contributed by atoms with Crippen molar-refractivity contribution in [1.82, 2.24) is 19.8 Å². The number of anilines is 4. The minimum absolute atomic E-state index is 0.0395. The van der Waals surface area contributed by atoms with E-state index in [9.17, 15) is 13.2 Å². The number of hydrogen-bond donors (Lipinski definition) is 2. The van der Waals surface area contributed by atoms with E-state index in [0.717, 1.165) is 31.5 Å². The summed E-state index contributed by atoms with van der Waals surface area (Å²) in [5.41, 5.74) is 3.41. The molecule has 2 heterocycles. The quantitative estimate of drug-likeness (QED) is 0.358. The molecule has 0 saturated heterocycles. The number of halogens is 1. The van der Waals surface area contributed by atoms with Crippen LogP contribution in [-0.2, 0) is 27.5 Å². The Morgan fingerprint density at radius 3 is 2.48 bits per heavy atom. The minimum atomic E-state index is -3.47. The maximum absolute atomic E-state index is 12.8. The van der Waals surface area contributed by atoms with E-state index in [1.54, 1.807) is 50.4 Å². The van der Waals surface area contributed by atoms with Gasteiger partial charge in [-0.3, -0.25) is 9.69 Å². The highest BCUT2D eigenvalue weighted by Crippen LogP contribution is 2.34.